The summed E-state index contributed by atoms with van der Waals surface area (Å²) < 4.78 is 15.6. The predicted octanol–water partition coefficient (Wildman–Crippen LogP) is 3.27. The van der Waals surface area contributed by atoms with E-state index in [2.05, 4.69) is 10.1 Å². The molecule has 0 aliphatic rings. The third kappa shape index (κ3) is 3.21. The normalized spacial score (nSPS) is 10.3. The summed E-state index contributed by atoms with van der Waals surface area (Å²) in [5.41, 5.74) is 1.15. The van der Waals surface area contributed by atoms with Crippen LogP contribution in [0.25, 0.3) is 11.5 Å². The molecule has 3 rings (SSSR count). The van der Waals surface area contributed by atoms with E-state index in [0.717, 1.165) is 5.56 Å². The van der Waals surface area contributed by atoms with Crippen LogP contribution < -0.4 is 9.47 Å². The first kappa shape index (κ1) is 14.8. The Kier molecular flexibility index (Phi) is 4.05. The van der Waals surface area contributed by atoms with Gasteiger partial charge in [-0.1, -0.05) is 17.3 Å². The summed E-state index contributed by atoms with van der Waals surface area (Å²) in [6, 6.07) is 13.7. The minimum atomic E-state index is -0.470. The summed E-state index contributed by atoms with van der Waals surface area (Å²) in [5, 5.41) is 3.73. The number of aromatic nitrogens is 2. The van der Waals surface area contributed by atoms with Gasteiger partial charge < -0.3 is 14.0 Å². The molecule has 6 heteroatoms. The van der Waals surface area contributed by atoms with Crippen LogP contribution in [0, 0.1) is 6.92 Å². The summed E-state index contributed by atoms with van der Waals surface area (Å²) in [6.07, 6.45) is 0. The number of ether oxygens (including phenoxy) is 2. The summed E-state index contributed by atoms with van der Waals surface area (Å²) in [4.78, 5) is 16.3. The molecule has 1 aromatic heterocycles. The molecule has 0 spiro atoms. The lowest BCUT2D eigenvalue weighted by molar-refractivity contribution is 0.0730. The number of carbonyl (C=O) groups excluding carboxylic acids is 1. The molecule has 0 atom stereocenters. The summed E-state index contributed by atoms with van der Waals surface area (Å²) >= 11 is 0. The van der Waals surface area contributed by atoms with E-state index in [4.69, 9.17) is 14.0 Å². The topological polar surface area (TPSA) is 74.5 Å². The fourth-order valence-corrected chi connectivity index (χ4v) is 2.03. The average Bonchev–Trinajstić information content (AvgIpc) is 3.02. The molecule has 0 bridgehead atoms. The predicted molar refractivity (Wildman–Crippen MR) is 82.4 cm³/mol. The Labute approximate surface area is 132 Å². The van der Waals surface area contributed by atoms with Crippen LogP contribution in [0.3, 0.4) is 0 Å². The van der Waals surface area contributed by atoms with E-state index in [1.807, 2.05) is 0 Å². The van der Waals surface area contributed by atoms with Crippen molar-refractivity contribution in [2.75, 3.05) is 7.11 Å². The van der Waals surface area contributed by atoms with Gasteiger partial charge in [-0.2, -0.15) is 4.98 Å². The van der Waals surface area contributed by atoms with Crippen molar-refractivity contribution >= 4 is 5.97 Å². The zero-order valence-electron chi connectivity index (χ0n) is 12.6. The number of para-hydroxylation sites is 2. The number of esters is 1. The second-order valence-electron chi connectivity index (χ2n) is 4.76. The highest BCUT2D eigenvalue weighted by atomic mass is 16.6. The number of aryl methyl sites for hydroxylation is 1. The third-order valence-corrected chi connectivity index (χ3v) is 3.17. The molecule has 6 nitrogen and oxygen atoms in total. The van der Waals surface area contributed by atoms with Gasteiger partial charge >= 0.3 is 5.97 Å². The zero-order chi connectivity index (χ0) is 16.2. The highest BCUT2D eigenvalue weighted by molar-refractivity contribution is 5.91. The molecular weight excluding hydrogens is 296 g/mol. The van der Waals surface area contributed by atoms with Crippen LogP contribution >= 0.6 is 0 Å². The van der Waals surface area contributed by atoms with Crippen LogP contribution in [0.5, 0.6) is 11.5 Å². The zero-order valence-corrected chi connectivity index (χ0v) is 12.6. The Morgan fingerprint density at radius 1 is 1.04 bits per heavy atom. The van der Waals surface area contributed by atoms with Crippen molar-refractivity contribution in [3.8, 4) is 23.0 Å². The van der Waals surface area contributed by atoms with Gasteiger partial charge in [-0.25, -0.2) is 4.79 Å². The molecule has 0 saturated carbocycles. The highest BCUT2D eigenvalue weighted by Gasteiger charge is 2.13. The van der Waals surface area contributed by atoms with Crippen LogP contribution in [0.4, 0.5) is 0 Å². The van der Waals surface area contributed by atoms with E-state index < -0.39 is 5.97 Å². The lowest BCUT2D eigenvalue weighted by Crippen LogP contribution is -2.09. The molecule has 0 fully saturated rings. The van der Waals surface area contributed by atoms with E-state index in [-0.39, 0.29) is 0 Å². The van der Waals surface area contributed by atoms with E-state index >= 15 is 0 Å². The van der Waals surface area contributed by atoms with Gasteiger partial charge in [-0.15, -0.1) is 0 Å². The van der Waals surface area contributed by atoms with Crippen LogP contribution in [0.2, 0.25) is 0 Å². The van der Waals surface area contributed by atoms with Gasteiger partial charge in [0.05, 0.1) is 12.7 Å². The maximum atomic E-state index is 12.2. The lowest BCUT2D eigenvalue weighted by Gasteiger charge is -2.08. The van der Waals surface area contributed by atoms with Gasteiger partial charge in [0.1, 0.15) is 0 Å². The van der Waals surface area contributed by atoms with Crippen molar-refractivity contribution in [1.29, 1.82) is 0 Å². The van der Waals surface area contributed by atoms with Crippen molar-refractivity contribution in [3.63, 3.8) is 0 Å². The summed E-state index contributed by atoms with van der Waals surface area (Å²) in [7, 11) is 1.52. The fraction of sp³-hybridized carbons (Fsp3) is 0.118. The first-order valence-corrected chi connectivity index (χ1v) is 6.93. The monoisotopic (exact) mass is 310 g/mol. The van der Waals surface area contributed by atoms with Crippen molar-refractivity contribution in [1.82, 2.24) is 10.1 Å². The van der Waals surface area contributed by atoms with Crippen LogP contribution in [-0.4, -0.2) is 23.2 Å². The van der Waals surface area contributed by atoms with Crippen molar-refractivity contribution in [3.05, 3.63) is 59.9 Å². The van der Waals surface area contributed by atoms with E-state index in [0.29, 0.717) is 28.8 Å². The van der Waals surface area contributed by atoms with Crippen molar-refractivity contribution in [2.45, 2.75) is 6.92 Å². The molecule has 116 valence electrons. The minimum Gasteiger partial charge on any atom is -0.493 e. The molecule has 1 heterocycles. The molecule has 2 aromatic carbocycles. The highest BCUT2D eigenvalue weighted by Crippen LogP contribution is 2.27. The Balaban J connectivity index is 1.78. The molecule has 0 aliphatic heterocycles. The first-order chi connectivity index (χ1) is 11.2. The number of rotatable bonds is 4. The van der Waals surface area contributed by atoms with E-state index in [1.165, 1.54) is 7.11 Å². The van der Waals surface area contributed by atoms with Gasteiger partial charge in [-0.3, -0.25) is 0 Å². The van der Waals surface area contributed by atoms with Gasteiger partial charge in [0.15, 0.2) is 17.3 Å². The molecule has 0 N–H and O–H groups in total. The number of benzene rings is 2. The van der Waals surface area contributed by atoms with Gasteiger partial charge in [-0.05, 0) is 43.3 Å². The lowest BCUT2D eigenvalue weighted by atomic mass is 10.1. The molecule has 0 unspecified atom stereocenters. The Morgan fingerprint density at radius 2 is 1.74 bits per heavy atom. The van der Waals surface area contributed by atoms with E-state index in [9.17, 15) is 4.79 Å². The molecule has 3 aromatic rings. The Morgan fingerprint density at radius 3 is 2.35 bits per heavy atom. The number of carbonyl (C=O) groups is 1. The minimum absolute atomic E-state index is 0.372. The van der Waals surface area contributed by atoms with Gasteiger partial charge in [0, 0.05) is 5.56 Å². The average molecular weight is 310 g/mol. The Bertz CT molecular complexity index is 825. The maximum absolute atomic E-state index is 12.2. The van der Waals surface area contributed by atoms with Crippen molar-refractivity contribution < 1.29 is 18.8 Å². The van der Waals surface area contributed by atoms with E-state index in [1.54, 1.807) is 55.5 Å². The second-order valence-corrected chi connectivity index (χ2v) is 4.76. The van der Waals surface area contributed by atoms with Gasteiger partial charge in [0.25, 0.3) is 5.89 Å². The number of methoxy groups -OCH3 is 1. The largest absolute Gasteiger partial charge is 0.493 e. The number of hydrogen-bond acceptors (Lipinski definition) is 6. The molecule has 23 heavy (non-hydrogen) atoms. The summed E-state index contributed by atoms with van der Waals surface area (Å²) in [6.45, 7) is 1.74. The summed E-state index contributed by atoms with van der Waals surface area (Å²) in [5.74, 6) is 1.37. The van der Waals surface area contributed by atoms with Crippen LogP contribution in [-0.2, 0) is 0 Å². The molecular formula is C17H14N2O4. The van der Waals surface area contributed by atoms with Crippen LogP contribution in [0.15, 0.2) is 53.1 Å². The molecule has 0 saturated heterocycles. The van der Waals surface area contributed by atoms with Crippen molar-refractivity contribution in [2.24, 2.45) is 0 Å². The first-order valence-electron chi connectivity index (χ1n) is 6.93. The molecule has 0 radical (unpaired) electrons. The third-order valence-electron chi connectivity index (χ3n) is 3.17. The fourth-order valence-electron chi connectivity index (χ4n) is 2.03. The smallest absolute Gasteiger partial charge is 0.343 e. The molecule has 0 amide bonds. The maximum Gasteiger partial charge on any atom is 0.343 e. The van der Waals surface area contributed by atoms with Crippen LogP contribution in [0.1, 0.15) is 16.2 Å². The number of nitrogens with zero attached hydrogens (tertiary/aromatic N) is 2. The second kappa shape index (κ2) is 6.31. The molecule has 0 aliphatic carbocycles. The van der Waals surface area contributed by atoms with Gasteiger partial charge in [0.2, 0.25) is 0 Å². The standard InChI is InChI=1S/C17H14N2O4/c1-11-18-16(23-19-11)12-7-9-13(10-8-12)17(20)22-15-6-4-3-5-14(15)21-2/h3-10H,1-2H3. The Hall–Kier alpha value is -3.15. The number of hydrogen-bond donors (Lipinski definition) is 0. The quantitative estimate of drug-likeness (QED) is 0.544. The SMILES string of the molecule is COc1ccccc1OC(=O)c1ccc(-c2nc(C)no2)cc1.